The quantitative estimate of drug-likeness (QED) is 0.508. The van der Waals surface area contributed by atoms with E-state index in [-0.39, 0.29) is 0 Å². The molecule has 4 rings (SSSR count). The van der Waals surface area contributed by atoms with Gasteiger partial charge < -0.3 is 10.7 Å². The third-order valence-electron chi connectivity index (χ3n) is 3.60. The summed E-state index contributed by atoms with van der Waals surface area (Å²) in [5.74, 6) is 0.877. The summed E-state index contributed by atoms with van der Waals surface area (Å²) < 4.78 is 0. The van der Waals surface area contributed by atoms with Crippen molar-refractivity contribution in [2.24, 2.45) is 0 Å². The Labute approximate surface area is 116 Å². The van der Waals surface area contributed by atoms with Crippen LogP contribution in [-0.2, 0) is 0 Å². The van der Waals surface area contributed by atoms with E-state index in [1.54, 1.807) is 0 Å². The molecule has 1 aromatic heterocycles. The number of nitrogen functional groups attached to an aromatic ring is 1. The predicted molar refractivity (Wildman–Crippen MR) is 83.4 cm³/mol. The van der Waals surface area contributed by atoms with Gasteiger partial charge in [-0.3, -0.25) is 0 Å². The fourth-order valence-corrected chi connectivity index (χ4v) is 2.61. The topological polar surface area (TPSA) is 54.7 Å². The molecule has 0 spiro atoms. The number of H-pyrrole nitrogens is 1. The van der Waals surface area contributed by atoms with Gasteiger partial charge in [-0.05, 0) is 29.7 Å². The van der Waals surface area contributed by atoms with Crippen molar-refractivity contribution >= 4 is 27.5 Å². The van der Waals surface area contributed by atoms with Crippen molar-refractivity contribution in [1.82, 2.24) is 9.97 Å². The van der Waals surface area contributed by atoms with Crippen molar-refractivity contribution in [3.63, 3.8) is 0 Å². The van der Waals surface area contributed by atoms with E-state index in [9.17, 15) is 0 Å². The van der Waals surface area contributed by atoms with E-state index in [0.717, 1.165) is 38.9 Å². The first-order valence-electron chi connectivity index (χ1n) is 6.55. The first kappa shape index (κ1) is 11.1. The van der Waals surface area contributed by atoms with Gasteiger partial charge in [-0.1, -0.05) is 36.4 Å². The lowest BCUT2D eigenvalue weighted by molar-refractivity contribution is 1.35. The molecule has 0 aliphatic carbocycles. The Bertz CT molecular complexity index is 889. The molecule has 20 heavy (non-hydrogen) atoms. The summed E-state index contributed by atoms with van der Waals surface area (Å²) in [4.78, 5) is 8.04. The van der Waals surface area contributed by atoms with Crippen molar-refractivity contribution in [3.05, 3.63) is 60.7 Å². The van der Waals surface area contributed by atoms with Gasteiger partial charge in [0.15, 0.2) is 0 Å². The standard InChI is InChI=1S/C17H13N3/c18-14-10-9-13(11-5-1-2-6-12(11)14)17-19-15-7-3-4-8-16(15)20-17/h1-10H,18H2,(H,19,20). The third-order valence-corrected chi connectivity index (χ3v) is 3.60. The minimum atomic E-state index is 0.792. The van der Waals surface area contributed by atoms with Gasteiger partial charge in [0.1, 0.15) is 5.82 Å². The van der Waals surface area contributed by atoms with Gasteiger partial charge in [-0.15, -0.1) is 0 Å². The smallest absolute Gasteiger partial charge is 0.139 e. The van der Waals surface area contributed by atoms with Crippen LogP contribution in [0, 0.1) is 0 Å². The first-order valence-corrected chi connectivity index (χ1v) is 6.55. The molecule has 0 bridgehead atoms. The molecule has 3 N–H and O–H groups in total. The molecule has 0 aliphatic heterocycles. The van der Waals surface area contributed by atoms with Crippen molar-refractivity contribution in [3.8, 4) is 11.4 Å². The SMILES string of the molecule is Nc1ccc(-c2nc3ccccc3[nH]2)c2ccccc12. The van der Waals surface area contributed by atoms with Gasteiger partial charge in [0.25, 0.3) is 0 Å². The second kappa shape index (κ2) is 4.10. The van der Waals surface area contributed by atoms with Crippen molar-refractivity contribution in [2.45, 2.75) is 0 Å². The molecule has 1 heterocycles. The lowest BCUT2D eigenvalue weighted by Crippen LogP contribution is -1.89. The van der Waals surface area contributed by atoms with Gasteiger partial charge >= 0.3 is 0 Å². The molecule has 3 heteroatoms. The van der Waals surface area contributed by atoms with Crippen molar-refractivity contribution < 1.29 is 0 Å². The number of fused-ring (bicyclic) bond motifs is 2. The largest absolute Gasteiger partial charge is 0.398 e. The molecular formula is C17H13N3. The van der Waals surface area contributed by atoms with E-state index < -0.39 is 0 Å². The summed E-state index contributed by atoms with van der Waals surface area (Å²) in [6.45, 7) is 0. The highest BCUT2D eigenvalue weighted by Crippen LogP contribution is 2.31. The molecule has 4 aromatic rings. The fourth-order valence-electron chi connectivity index (χ4n) is 2.61. The molecule has 0 unspecified atom stereocenters. The summed E-state index contributed by atoms with van der Waals surface area (Å²) in [5.41, 5.74) is 9.93. The lowest BCUT2D eigenvalue weighted by Gasteiger charge is -2.06. The zero-order valence-corrected chi connectivity index (χ0v) is 10.8. The highest BCUT2D eigenvalue weighted by Gasteiger charge is 2.09. The number of rotatable bonds is 1. The number of hydrogen-bond donors (Lipinski definition) is 2. The molecule has 0 radical (unpaired) electrons. The van der Waals surface area contributed by atoms with Crippen LogP contribution in [0.1, 0.15) is 0 Å². The Hall–Kier alpha value is -2.81. The van der Waals surface area contributed by atoms with E-state index in [4.69, 9.17) is 5.73 Å². The molecule has 0 atom stereocenters. The maximum atomic E-state index is 6.05. The van der Waals surface area contributed by atoms with Crippen LogP contribution in [0.15, 0.2) is 60.7 Å². The number of para-hydroxylation sites is 2. The highest BCUT2D eigenvalue weighted by atomic mass is 14.9. The molecular weight excluding hydrogens is 246 g/mol. The Morgan fingerprint density at radius 1 is 0.800 bits per heavy atom. The van der Waals surface area contributed by atoms with Crippen LogP contribution in [-0.4, -0.2) is 9.97 Å². The van der Waals surface area contributed by atoms with E-state index in [0.29, 0.717) is 0 Å². The third kappa shape index (κ3) is 1.57. The number of aromatic nitrogens is 2. The summed E-state index contributed by atoms with van der Waals surface area (Å²) in [7, 11) is 0. The summed E-state index contributed by atoms with van der Waals surface area (Å²) >= 11 is 0. The number of aromatic amines is 1. The molecule has 0 aliphatic rings. The van der Waals surface area contributed by atoms with Gasteiger partial charge in [-0.25, -0.2) is 4.98 Å². The van der Waals surface area contributed by atoms with Gasteiger partial charge in [-0.2, -0.15) is 0 Å². The molecule has 3 aromatic carbocycles. The van der Waals surface area contributed by atoms with Crippen LogP contribution in [0.5, 0.6) is 0 Å². The summed E-state index contributed by atoms with van der Waals surface area (Å²) in [6, 6.07) is 20.1. The Morgan fingerprint density at radius 3 is 2.40 bits per heavy atom. The number of benzene rings is 3. The Balaban J connectivity index is 2.04. The molecule has 3 nitrogen and oxygen atoms in total. The van der Waals surface area contributed by atoms with Gasteiger partial charge in [0.2, 0.25) is 0 Å². The van der Waals surface area contributed by atoms with Gasteiger partial charge in [0.05, 0.1) is 11.0 Å². The minimum Gasteiger partial charge on any atom is -0.398 e. The van der Waals surface area contributed by atoms with Crippen LogP contribution in [0.4, 0.5) is 5.69 Å². The van der Waals surface area contributed by atoms with E-state index in [1.807, 2.05) is 54.6 Å². The maximum absolute atomic E-state index is 6.05. The number of hydrogen-bond acceptors (Lipinski definition) is 2. The van der Waals surface area contributed by atoms with Crippen LogP contribution in [0.2, 0.25) is 0 Å². The Kier molecular flexibility index (Phi) is 2.27. The van der Waals surface area contributed by atoms with E-state index in [1.165, 1.54) is 0 Å². The van der Waals surface area contributed by atoms with Crippen molar-refractivity contribution in [2.75, 3.05) is 5.73 Å². The van der Waals surface area contributed by atoms with Crippen LogP contribution in [0.3, 0.4) is 0 Å². The second-order valence-corrected chi connectivity index (χ2v) is 4.85. The molecule has 0 fully saturated rings. The second-order valence-electron chi connectivity index (χ2n) is 4.85. The average Bonchev–Trinajstić information content (AvgIpc) is 2.91. The van der Waals surface area contributed by atoms with Gasteiger partial charge in [0, 0.05) is 16.6 Å². The Morgan fingerprint density at radius 2 is 1.55 bits per heavy atom. The monoisotopic (exact) mass is 259 g/mol. The zero-order chi connectivity index (χ0) is 13.5. The molecule has 0 saturated heterocycles. The minimum absolute atomic E-state index is 0.792. The summed E-state index contributed by atoms with van der Waals surface area (Å²) in [5, 5.41) is 2.18. The average molecular weight is 259 g/mol. The normalized spacial score (nSPS) is 11.2. The number of imidazole rings is 1. The predicted octanol–water partition coefficient (Wildman–Crippen LogP) is 3.97. The first-order chi connectivity index (χ1) is 9.83. The number of nitrogens with two attached hydrogens (primary N) is 1. The molecule has 96 valence electrons. The maximum Gasteiger partial charge on any atom is 0.139 e. The zero-order valence-electron chi connectivity index (χ0n) is 10.8. The van der Waals surface area contributed by atoms with E-state index >= 15 is 0 Å². The van der Waals surface area contributed by atoms with E-state index in [2.05, 4.69) is 16.0 Å². The molecule has 0 saturated carbocycles. The van der Waals surface area contributed by atoms with Crippen LogP contribution in [0.25, 0.3) is 33.2 Å². The number of anilines is 1. The lowest BCUT2D eigenvalue weighted by atomic mass is 10.0. The van der Waals surface area contributed by atoms with Crippen LogP contribution < -0.4 is 5.73 Å². The molecule has 0 amide bonds. The number of nitrogens with zero attached hydrogens (tertiary/aromatic N) is 1. The van der Waals surface area contributed by atoms with Crippen molar-refractivity contribution in [1.29, 1.82) is 0 Å². The summed E-state index contributed by atoms with van der Waals surface area (Å²) in [6.07, 6.45) is 0. The fraction of sp³-hybridized carbons (Fsp3) is 0. The van der Waals surface area contributed by atoms with Crippen LogP contribution >= 0.6 is 0 Å². The number of nitrogens with one attached hydrogen (secondary N) is 1. The highest BCUT2D eigenvalue weighted by molar-refractivity contribution is 6.02.